The van der Waals surface area contributed by atoms with Crippen molar-refractivity contribution in [1.82, 2.24) is 10.0 Å². The fourth-order valence-electron chi connectivity index (χ4n) is 1.57. The predicted molar refractivity (Wildman–Crippen MR) is 80.1 cm³/mol. The zero-order valence-electron chi connectivity index (χ0n) is 11.7. The average molecular weight is 319 g/mol. The van der Waals surface area contributed by atoms with Crippen molar-refractivity contribution in [2.24, 2.45) is 5.73 Å². The van der Waals surface area contributed by atoms with Crippen LogP contribution in [0.25, 0.3) is 0 Å². The van der Waals surface area contributed by atoms with Gasteiger partial charge in [-0.3, -0.25) is 4.79 Å². The maximum atomic E-state index is 11.9. The molecule has 0 aliphatic carbocycles. The van der Waals surface area contributed by atoms with E-state index in [1.165, 1.54) is 11.3 Å². The van der Waals surface area contributed by atoms with Gasteiger partial charge >= 0.3 is 0 Å². The largest absolute Gasteiger partial charge is 0.353 e. The predicted octanol–water partition coefficient (Wildman–Crippen LogP) is 0.578. The molecule has 0 saturated heterocycles. The van der Waals surface area contributed by atoms with Gasteiger partial charge in [0.25, 0.3) is 0 Å². The number of nitrogens with two attached hydrogens (primary N) is 1. The lowest BCUT2D eigenvalue weighted by Crippen LogP contribution is -2.43. The van der Waals surface area contributed by atoms with Crippen LogP contribution in [0.2, 0.25) is 0 Å². The highest BCUT2D eigenvalue weighted by Gasteiger charge is 2.16. The van der Waals surface area contributed by atoms with E-state index in [0.717, 1.165) is 11.3 Å². The van der Waals surface area contributed by atoms with Crippen molar-refractivity contribution in [2.75, 3.05) is 13.1 Å². The molecule has 0 bridgehead atoms. The van der Waals surface area contributed by atoms with Gasteiger partial charge in [-0.1, -0.05) is 13.3 Å². The molecule has 0 aliphatic rings. The smallest absolute Gasteiger partial charge is 0.250 e. The third-order valence-electron chi connectivity index (χ3n) is 2.63. The summed E-state index contributed by atoms with van der Waals surface area (Å²) in [6.07, 6.45) is 1.45. The second-order valence-corrected chi connectivity index (χ2v) is 7.73. The van der Waals surface area contributed by atoms with Gasteiger partial charge in [-0.25, -0.2) is 13.1 Å². The third-order valence-corrected chi connectivity index (χ3v) is 5.59. The normalized spacial score (nSPS) is 13.2. The van der Waals surface area contributed by atoms with E-state index in [0.29, 0.717) is 6.42 Å². The third kappa shape index (κ3) is 5.20. The van der Waals surface area contributed by atoms with E-state index in [9.17, 15) is 13.2 Å². The van der Waals surface area contributed by atoms with Crippen LogP contribution in [-0.4, -0.2) is 33.5 Å². The van der Waals surface area contributed by atoms with Crippen LogP contribution in [0.5, 0.6) is 0 Å². The van der Waals surface area contributed by atoms with Gasteiger partial charge in [0.1, 0.15) is 4.21 Å². The Morgan fingerprint density at radius 2 is 2.10 bits per heavy atom. The van der Waals surface area contributed by atoms with Crippen molar-refractivity contribution >= 4 is 27.3 Å². The first kappa shape index (κ1) is 17.1. The maximum absolute atomic E-state index is 11.9. The molecule has 20 heavy (non-hydrogen) atoms. The van der Waals surface area contributed by atoms with Gasteiger partial charge in [0.15, 0.2) is 0 Å². The lowest BCUT2D eigenvalue weighted by atomic mass is 10.2. The second-order valence-electron chi connectivity index (χ2n) is 4.45. The molecule has 0 spiro atoms. The van der Waals surface area contributed by atoms with Crippen LogP contribution in [0.4, 0.5) is 0 Å². The highest BCUT2D eigenvalue weighted by atomic mass is 32.2. The summed E-state index contributed by atoms with van der Waals surface area (Å²) in [6, 6.07) is 2.79. The average Bonchev–Trinajstić information content (AvgIpc) is 2.82. The van der Waals surface area contributed by atoms with Gasteiger partial charge in [-0.2, -0.15) is 0 Å². The van der Waals surface area contributed by atoms with Crippen molar-refractivity contribution < 1.29 is 13.2 Å². The number of amides is 1. The van der Waals surface area contributed by atoms with Gasteiger partial charge in [0.2, 0.25) is 15.9 Å². The number of rotatable bonds is 8. The SMILES string of the molecule is CCCC(N)C(=O)NCCNS(=O)(=O)c1ccc(C)s1. The molecule has 1 atom stereocenters. The number of carbonyl (C=O) groups is 1. The van der Waals surface area contributed by atoms with Crippen LogP contribution in [0.15, 0.2) is 16.3 Å². The first-order chi connectivity index (χ1) is 9.36. The summed E-state index contributed by atoms with van der Waals surface area (Å²) in [5.74, 6) is -0.252. The van der Waals surface area contributed by atoms with Crippen molar-refractivity contribution in [3.05, 3.63) is 17.0 Å². The summed E-state index contributed by atoms with van der Waals surface area (Å²) >= 11 is 1.21. The Bertz CT molecular complexity index is 540. The Hall–Kier alpha value is -0.960. The van der Waals surface area contributed by atoms with E-state index in [1.807, 2.05) is 13.8 Å². The Morgan fingerprint density at radius 1 is 1.40 bits per heavy atom. The fraction of sp³-hybridized carbons (Fsp3) is 0.583. The topological polar surface area (TPSA) is 101 Å². The van der Waals surface area contributed by atoms with Crippen molar-refractivity contribution in [3.63, 3.8) is 0 Å². The summed E-state index contributed by atoms with van der Waals surface area (Å²) in [7, 11) is -3.48. The second kappa shape index (κ2) is 7.72. The number of hydrogen-bond acceptors (Lipinski definition) is 5. The van der Waals surface area contributed by atoms with E-state index in [4.69, 9.17) is 5.73 Å². The van der Waals surface area contributed by atoms with E-state index in [1.54, 1.807) is 12.1 Å². The molecule has 6 nitrogen and oxygen atoms in total. The maximum Gasteiger partial charge on any atom is 0.250 e. The van der Waals surface area contributed by atoms with Crippen molar-refractivity contribution in [3.8, 4) is 0 Å². The molecule has 4 N–H and O–H groups in total. The van der Waals surface area contributed by atoms with Gasteiger partial charge in [0.05, 0.1) is 6.04 Å². The minimum atomic E-state index is -3.48. The molecule has 8 heteroatoms. The Labute approximate surface area is 123 Å². The molecule has 0 aliphatic heterocycles. The minimum Gasteiger partial charge on any atom is -0.353 e. The van der Waals surface area contributed by atoms with Crippen LogP contribution in [0.3, 0.4) is 0 Å². The zero-order chi connectivity index (χ0) is 15.2. The quantitative estimate of drug-likeness (QED) is 0.610. The van der Waals surface area contributed by atoms with Crippen molar-refractivity contribution in [1.29, 1.82) is 0 Å². The standard InChI is InChI=1S/C12H21N3O3S2/c1-3-4-10(13)12(16)14-7-8-15-20(17,18)11-6-5-9(2)19-11/h5-6,10,15H,3-4,7-8,13H2,1-2H3,(H,14,16). The number of nitrogens with one attached hydrogen (secondary N) is 2. The first-order valence-corrected chi connectivity index (χ1v) is 8.76. The number of thiophene rings is 1. The number of hydrogen-bond donors (Lipinski definition) is 3. The van der Waals surface area contributed by atoms with Crippen LogP contribution < -0.4 is 15.8 Å². The lowest BCUT2D eigenvalue weighted by molar-refractivity contribution is -0.122. The molecule has 1 aromatic rings. The summed E-state index contributed by atoms with van der Waals surface area (Å²) in [4.78, 5) is 12.5. The molecular formula is C12H21N3O3S2. The highest BCUT2D eigenvalue weighted by molar-refractivity contribution is 7.91. The minimum absolute atomic E-state index is 0.143. The monoisotopic (exact) mass is 319 g/mol. The first-order valence-electron chi connectivity index (χ1n) is 6.46. The van der Waals surface area contributed by atoms with Gasteiger partial charge in [0, 0.05) is 18.0 Å². The summed E-state index contributed by atoms with van der Waals surface area (Å²) in [6.45, 7) is 4.16. The molecule has 114 valence electrons. The summed E-state index contributed by atoms with van der Waals surface area (Å²) in [5, 5.41) is 2.61. The molecule has 0 aromatic carbocycles. The molecule has 1 unspecified atom stereocenters. The molecule has 0 saturated carbocycles. The zero-order valence-corrected chi connectivity index (χ0v) is 13.3. The molecular weight excluding hydrogens is 298 g/mol. The fourth-order valence-corrected chi connectivity index (χ4v) is 3.93. The summed E-state index contributed by atoms with van der Waals surface area (Å²) < 4.78 is 26.5. The molecule has 1 amide bonds. The number of aryl methyl sites for hydroxylation is 1. The molecule has 1 heterocycles. The Morgan fingerprint density at radius 3 is 2.65 bits per heavy atom. The molecule has 1 rings (SSSR count). The van der Waals surface area contributed by atoms with Crippen LogP contribution in [-0.2, 0) is 14.8 Å². The molecule has 1 aromatic heterocycles. The highest BCUT2D eigenvalue weighted by Crippen LogP contribution is 2.19. The van der Waals surface area contributed by atoms with Gasteiger partial charge in [-0.05, 0) is 25.5 Å². The Kier molecular flexibility index (Phi) is 6.60. The lowest BCUT2D eigenvalue weighted by Gasteiger charge is -2.11. The van der Waals surface area contributed by atoms with E-state index >= 15 is 0 Å². The van der Waals surface area contributed by atoms with E-state index < -0.39 is 16.1 Å². The van der Waals surface area contributed by atoms with Crippen LogP contribution >= 0.6 is 11.3 Å². The summed E-state index contributed by atoms with van der Waals surface area (Å²) in [5.41, 5.74) is 5.64. The Balaban J connectivity index is 2.36. The van der Waals surface area contributed by atoms with E-state index in [-0.39, 0.29) is 23.2 Å². The molecule has 0 fully saturated rings. The number of sulfonamides is 1. The van der Waals surface area contributed by atoms with Crippen LogP contribution in [0, 0.1) is 6.92 Å². The van der Waals surface area contributed by atoms with E-state index in [2.05, 4.69) is 10.0 Å². The number of carbonyl (C=O) groups excluding carboxylic acids is 1. The van der Waals surface area contributed by atoms with Gasteiger partial charge in [-0.15, -0.1) is 11.3 Å². The van der Waals surface area contributed by atoms with Crippen molar-refractivity contribution in [2.45, 2.75) is 36.9 Å². The van der Waals surface area contributed by atoms with Gasteiger partial charge < -0.3 is 11.1 Å². The van der Waals surface area contributed by atoms with Crippen LogP contribution in [0.1, 0.15) is 24.6 Å². The molecule has 0 radical (unpaired) electrons.